The second kappa shape index (κ2) is 9.55. The number of benzene rings is 2. The van der Waals surface area contributed by atoms with Gasteiger partial charge in [0.15, 0.2) is 5.82 Å². The summed E-state index contributed by atoms with van der Waals surface area (Å²) in [6.07, 6.45) is 5.36. The van der Waals surface area contributed by atoms with Crippen LogP contribution in [0.3, 0.4) is 0 Å². The summed E-state index contributed by atoms with van der Waals surface area (Å²) < 4.78 is 1.83. The maximum absolute atomic E-state index is 11.6. The highest BCUT2D eigenvalue weighted by Crippen LogP contribution is 2.42. The van der Waals surface area contributed by atoms with E-state index in [2.05, 4.69) is 22.3 Å². The first-order valence-corrected chi connectivity index (χ1v) is 11.7. The van der Waals surface area contributed by atoms with Crippen molar-refractivity contribution in [3.05, 3.63) is 82.8 Å². The van der Waals surface area contributed by atoms with Crippen LogP contribution >= 0.6 is 0 Å². The maximum atomic E-state index is 11.6. The summed E-state index contributed by atoms with van der Waals surface area (Å²) >= 11 is 0. The van der Waals surface area contributed by atoms with E-state index in [-0.39, 0.29) is 0 Å². The Morgan fingerprint density at radius 2 is 1.92 bits per heavy atom. The fourth-order valence-corrected chi connectivity index (χ4v) is 4.33. The van der Waals surface area contributed by atoms with E-state index >= 15 is 0 Å². The molecular weight excluding hydrogens is 452 g/mol. The molecule has 2 aromatic heterocycles. The number of hydrogen-bond acceptors (Lipinski definition) is 7. The minimum atomic E-state index is 0.422. The average Bonchev–Trinajstić information content (AvgIpc) is 3.68. The Hall–Kier alpha value is -4.64. The molecule has 8 heteroatoms. The normalized spacial score (nSPS) is 12.7. The minimum absolute atomic E-state index is 0.422. The second-order valence-corrected chi connectivity index (χ2v) is 9.10. The van der Waals surface area contributed by atoms with Gasteiger partial charge in [0.05, 0.1) is 11.6 Å². The summed E-state index contributed by atoms with van der Waals surface area (Å²) in [6.45, 7) is 0.456. The Balaban J connectivity index is 1.58. The molecule has 0 amide bonds. The molecule has 0 spiro atoms. The van der Waals surface area contributed by atoms with E-state index in [1.807, 2.05) is 47.8 Å². The van der Waals surface area contributed by atoms with Crippen LogP contribution in [0.2, 0.25) is 0 Å². The van der Waals surface area contributed by atoms with Gasteiger partial charge in [0.2, 0.25) is 0 Å². The Bertz CT molecular complexity index is 1510. The van der Waals surface area contributed by atoms with E-state index in [9.17, 15) is 14.9 Å². The zero-order valence-corrected chi connectivity index (χ0v) is 20.0. The van der Waals surface area contributed by atoms with Crippen molar-refractivity contribution in [2.45, 2.75) is 25.3 Å². The third kappa shape index (κ3) is 4.51. The third-order valence-electron chi connectivity index (χ3n) is 6.47. The zero-order chi connectivity index (χ0) is 25.2. The number of carbonyl (C=O) groups excluding carboxylic acids is 2. The van der Waals surface area contributed by atoms with Crippen LogP contribution in [0.25, 0.3) is 22.5 Å². The number of aromatic nitrogens is 4. The van der Waals surface area contributed by atoms with Gasteiger partial charge in [-0.05, 0) is 59.9 Å². The Kier molecular flexibility index (Phi) is 6.13. The summed E-state index contributed by atoms with van der Waals surface area (Å²) in [5.41, 5.74) is 6.08. The predicted octanol–water partition coefficient (Wildman–Crippen LogP) is 4.55. The molecule has 2 heterocycles. The first-order chi connectivity index (χ1) is 17.5. The van der Waals surface area contributed by atoms with Crippen molar-refractivity contribution in [1.82, 2.24) is 19.7 Å². The van der Waals surface area contributed by atoms with Crippen molar-refractivity contribution in [2.75, 3.05) is 11.9 Å². The van der Waals surface area contributed by atoms with E-state index < -0.39 is 0 Å². The highest BCUT2D eigenvalue weighted by atomic mass is 16.1. The summed E-state index contributed by atoms with van der Waals surface area (Å²) in [6, 6.07) is 17.1. The van der Waals surface area contributed by atoms with Gasteiger partial charge < -0.3 is 9.47 Å². The van der Waals surface area contributed by atoms with E-state index in [1.54, 1.807) is 24.5 Å². The van der Waals surface area contributed by atoms with Gasteiger partial charge in [0, 0.05) is 48.9 Å². The molecule has 0 saturated heterocycles. The summed E-state index contributed by atoms with van der Waals surface area (Å²) in [5, 5.41) is 17.8. The van der Waals surface area contributed by atoms with Crippen LogP contribution in [0.5, 0.6) is 0 Å². The Morgan fingerprint density at radius 1 is 1.08 bits per heavy atom. The maximum Gasteiger partial charge on any atom is 0.164 e. The molecule has 1 aliphatic carbocycles. The lowest BCUT2D eigenvalue weighted by Gasteiger charge is -2.22. The topological polar surface area (TPSA) is 105 Å². The van der Waals surface area contributed by atoms with Crippen molar-refractivity contribution >= 4 is 18.4 Å². The van der Waals surface area contributed by atoms with Crippen LogP contribution in [-0.2, 0) is 13.6 Å². The largest absolute Gasteiger partial charge is 0.355 e. The number of aryl methyl sites for hydroxylation is 1. The number of aldehydes is 2. The molecule has 0 bridgehead atoms. The predicted molar refractivity (Wildman–Crippen MR) is 136 cm³/mol. The molecule has 8 nitrogen and oxygen atoms in total. The molecule has 0 unspecified atom stereocenters. The number of nitriles is 1. The van der Waals surface area contributed by atoms with Gasteiger partial charge in [-0.1, -0.05) is 18.2 Å². The molecule has 178 valence electrons. The first kappa shape index (κ1) is 23.1. The van der Waals surface area contributed by atoms with Gasteiger partial charge >= 0.3 is 0 Å². The van der Waals surface area contributed by atoms with E-state index in [4.69, 9.17) is 4.98 Å². The number of rotatable bonds is 8. The summed E-state index contributed by atoms with van der Waals surface area (Å²) in [7, 11) is 3.81. The van der Waals surface area contributed by atoms with Crippen LogP contribution in [0, 0.1) is 11.3 Å². The lowest BCUT2D eigenvalue weighted by atomic mass is 9.96. The number of pyridine rings is 1. The summed E-state index contributed by atoms with van der Waals surface area (Å²) in [5.74, 6) is 1.87. The van der Waals surface area contributed by atoms with Crippen molar-refractivity contribution in [3.63, 3.8) is 0 Å². The van der Waals surface area contributed by atoms with Crippen LogP contribution < -0.4 is 4.90 Å². The quantitative estimate of drug-likeness (QED) is 0.343. The van der Waals surface area contributed by atoms with Gasteiger partial charge in [0.1, 0.15) is 24.7 Å². The highest BCUT2D eigenvalue weighted by molar-refractivity contribution is 5.84. The fraction of sp³-hybridized carbons (Fsp3) is 0.214. The number of anilines is 1. The van der Waals surface area contributed by atoms with E-state index in [0.29, 0.717) is 35.0 Å². The molecule has 2 aromatic carbocycles. The van der Waals surface area contributed by atoms with Crippen molar-refractivity contribution < 1.29 is 9.59 Å². The molecule has 1 fully saturated rings. The molecule has 1 aliphatic rings. The van der Waals surface area contributed by atoms with Gasteiger partial charge in [-0.15, -0.1) is 10.2 Å². The van der Waals surface area contributed by atoms with Gasteiger partial charge in [-0.25, -0.2) is 4.98 Å². The van der Waals surface area contributed by atoms with E-state index in [1.165, 1.54) is 0 Å². The zero-order valence-electron chi connectivity index (χ0n) is 20.0. The number of nitrogens with zero attached hydrogens (tertiary/aromatic N) is 6. The molecule has 4 aromatic rings. The summed E-state index contributed by atoms with van der Waals surface area (Å²) in [4.78, 5) is 29.7. The van der Waals surface area contributed by atoms with Crippen LogP contribution in [0.1, 0.15) is 56.3 Å². The molecular formula is C28H24N6O2. The monoisotopic (exact) mass is 476 g/mol. The fourth-order valence-electron chi connectivity index (χ4n) is 4.33. The molecule has 1 saturated carbocycles. The van der Waals surface area contributed by atoms with Crippen LogP contribution in [-0.4, -0.2) is 39.4 Å². The SMILES string of the molecule is CN(Cc1ccc(C=O)cc1C=O)c1cc(-c2ccc(C#N)cc2-c2nncn2C)cc(C2CC2)n1. The lowest BCUT2D eigenvalue weighted by molar-refractivity contribution is 0.112. The Morgan fingerprint density at radius 3 is 2.58 bits per heavy atom. The Labute approximate surface area is 208 Å². The number of carbonyl (C=O) groups is 2. The minimum Gasteiger partial charge on any atom is -0.355 e. The molecule has 36 heavy (non-hydrogen) atoms. The molecule has 0 N–H and O–H groups in total. The van der Waals surface area contributed by atoms with Gasteiger partial charge in [-0.3, -0.25) is 9.59 Å². The molecule has 0 aliphatic heterocycles. The van der Waals surface area contributed by atoms with Crippen molar-refractivity contribution in [1.29, 1.82) is 5.26 Å². The van der Waals surface area contributed by atoms with Crippen LogP contribution in [0.4, 0.5) is 5.82 Å². The molecule has 5 rings (SSSR count). The lowest BCUT2D eigenvalue weighted by Crippen LogP contribution is -2.19. The average molecular weight is 477 g/mol. The number of hydrogen-bond donors (Lipinski definition) is 0. The highest BCUT2D eigenvalue weighted by Gasteiger charge is 2.27. The van der Waals surface area contributed by atoms with Crippen molar-refractivity contribution in [2.24, 2.45) is 7.05 Å². The van der Waals surface area contributed by atoms with Crippen molar-refractivity contribution in [3.8, 4) is 28.6 Å². The first-order valence-electron chi connectivity index (χ1n) is 11.7. The van der Waals surface area contributed by atoms with Gasteiger partial charge in [-0.2, -0.15) is 5.26 Å². The second-order valence-electron chi connectivity index (χ2n) is 9.10. The standard InChI is InChI=1S/C28H24N6O2/c1-33(14-21-5-3-19(15-35)9-23(21)16-36)27-12-22(11-26(31-27)20-6-7-20)24-8-4-18(13-29)10-25(24)28-32-30-17-34(28)2/h3-5,8-12,15-17,20H,6-7,14H2,1-2H3. The third-order valence-corrected chi connectivity index (χ3v) is 6.47. The van der Waals surface area contributed by atoms with E-state index in [0.717, 1.165) is 59.2 Å². The molecule has 0 atom stereocenters. The van der Waals surface area contributed by atoms with Crippen LogP contribution in [0.15, 0.2) is 54.9 Å². The smallest absolute Gasteiger partial charge is 0.164 e. The van der Waals surface area contributed by atoms with Gasteiger partial charge in [0.25, 0.3) is 0 Å². The molecule has 0 radical (unpaired) electrons.